The van der Waals surface area contributed by atoms with Crippen molar-refractivity contribution in [2.75, 3.05) is 26.3 Å². The molecule has 2 aliphatic rings. The van der Waals surface area contributed by atoms with E-state index in [9.17, 15) is 24.3 Å². The number of likely N-dealkylation sites (tertiary alicyclic amines) is 1. The molecule has 0 saturated carbocycles. The minimum atomic E-state index is -0.846. The zero-order valence-corrected chi connectivity index (χ0v) is 33.8. The highest BCUT2D eigenvalue weighted by molar-refractivity contribution is 7.13. The molecule has 0 unspecified atom stereocenters. The third-order valence-corrected chi connectivity index (χ3v) is 11.9. The molecule has 11 nitrogen and oxygen atoms in total. The standard InChI is InChI=1S/C44H53N5O6S/c1-27(30-8-10-31(11-9-30)41-28(2)47-26-56-41)48-42(53)39-23-35(51)25-49(39)43(54)38(44(3,4)5)22-34(50)15-18-55-19-17-46-40(52)13-7-29-6-12-36-33(20-29)21-32-14-16-45-24-37(32)36/h6,8-12,14,16,20,24,26-27,35,38-39,51H,7,13,15,17-19,21-23,25H2,1-5H3,(H,46,52)(H,48,53)/t27-,35+,38+,39-/m0/s1. The number of nitrogens with one attached hydrogen (secondary N) is 2. The number of hydrogen-bond donors (Lipinski definition) is 3. The zero-order chi connectivity index (χ0) is 40.0. The van der Waals surface area contributed by atoms with Gasteiger partial charge in [-0.05, 0) is 71.6 Å². The summed E-state index contributed by atoms with van der Waals surface area (Å²) in [5.74, 6) is -1.52. The normalized spacial score (nSPS) is 17.2. The van der Waals surface area contributed by atoms with Gasteiger partial charge in [0.1, 0.15) is 11.8 Å². The fourth-order valence-electron chi connectivity index (χ4n) is 7.63. The van der Waals surface area contributed by atoms with Crippen LogP contribution in [0.5, 0.6) is 0 Å². The van der Waals surface area contributed by atoms with Crippen LogP contribution in [0, 0.1) is 18.3 Å². The lowest BCUT2D eigenvalue weighted by atomic mass is 9.76. The van der Waals surface area contributed by atoms with E-state index >= 15 is 0 Å². The fourth-order valence-corrected chi connectivity index (χ4v) is 8.44. The maximum absolute atomic E-state index is 14.0. The van der Waals surface area contributed by atoms with E-state index < -0.39 is 23.5 Å². The topological polar surface area (TPSA) is 151 Å². The van der Waals surface area contributed by atoms with Gasteiger partial charge < -0.3 is 25.4 Å². The quantitative estimate of drug-likeness (QED) is 0.103. The summed E-state index contributed by atoms with van der Waals surface area (Å²) in [6, 6.07) is 15.2. The lowest BCUT2D eigenvalue weighted by Crippen LogP contribution is -2.50. The van der Waals surface area contributed by atoms with Crippen molar-refractivity contribution in [2.45, 2.75) is 91.3 Å². The Balaban J connectivity index is 0.921. The van der Waals surface area contributed by atoms with E-state index in [1.807, 2.05) is 76.8 Å². The lowest BCUT2D eigenvalue weighted by Gasteiger charge is -2.35. The number of benzene rings is 2. The summed E-state index contributed by atoms with van der Waals surface area (Å²) in [6.45, 7) is 10.4. The highest BCUT2D eigenvalue weighted by Gasteiger charge is 2.44. The average molecular weight is 780 g/mol. The van der Waals surface area contributed by atoms with Crippen LogP contribution >= 0.6 is 11.3 Å². The molecule has 4 aromatic rings. The van der Waals surface area contributed by atoms with Gasteiger partial charge in [-0.25, -0.2) is 4.98 Å². The molecular weight excluding hydrogens is 727 g/mol. The second kappa shape index (κ2) is 18.0. The largest absolute Gasteiger partial charge is 0.391 e. The summed E-state index contributed by atoms with van der Waals surface area (Å²) in [6.07, 6.45) is 5.02. The van der Waals surface area contributed by atoms with Crippen molar-refractivity contribution in [3.8, 4) is 21.6 Å². The summed E-state index contributed by atoms with van der Waals surface area (Å²) >= 11 is 1.58. The number of nitrogens with zero attached hydrogens (tertiary/aromatic N) is 3. The first-order chi connectivity index (χ1) is 26.8. The second-order valence-corrected chi connectivity index (χ2v) is 16.9. The molecule has 56 heavy (non-hydrogen) atoms. The average Bonchev–Trinajstić information content (AvgIpc) is 3.89. The number of aliphatic hydroxyl groups excluding tert-OH is 1. The first-order valence-electron chi connectivity index (χ1n) is 19.5. The molecule has 0 spiro atoms. The van der Waals surface area contributed by atoms with E-state index in [-0.39, 0.29) is 68.6 Å². The smallest absolute Gasteiger partial charge is 0.243 e. The third-order valence-electron chi connectivity index (χ3n) is 10.9. The van der Waals surface area contributed by atoms with Gasteiger partial charge in [0.15, 0.2) is 0 Å². The number of aryl methyl sites for hydroxylation is 2. The summed E-state index contributed by atoms with van der Waals surface area (Å²) in [5, 5.41) is 16.5. The number of ether oxygens (including phenoxy) is 1. The predicted molar refractivity (Wildman–Crippen MR) is 217 cm³/mol. The van der Waals surface area contributed by atoms with Crippen LogP contribution in [0.25, 0.3) is 21.6 Å². The number of aliphatic hydroxyl groups is 1. The van der Waals surface area contributed by atoms with Crippen LogP contribution in [-0.2, 0) is 36.8 Å². The molecule has 0 radical (unpaired) electrons. The molecule has 4 atom stereocenters. The molecule has 1 saturated heterocycles. The minimum absolute atomic E-state index is 0.00296. The Morgan fingerprint density at radius 3 is 2.54 bits per heavy atom. The first-order valence-corrected chi connectivity index (χ1v) is 20.4. The Labute approximate surface area is 333 Å². The molecule has 0 bridgehead atoms. The minimum Gasteiger partial charge on any atom is -0.391 e. The number of pyridine rings is 1. The van der Waals surface area contributed by atoms with Crippen LogP contribution in [-0.4, -0.2) is 81.9 Å². The third kappa shape index (κ3) is 9.96. The number of aromatic nitrogens is 2. The number of carbonyl (C=O) groups excluding carboxylic acids is 4. The summed E-state index contributed by atoms with van der Waals surface area (Å²) in [4.78, 5) is 64.4. The van der Waals surface area contributed by atoms with Crippen LogP contribution in [0.2, 0.25) is 0 Å². The highest BCUT2D eigenvalue weighted by atomic mass is 32.1. The van der Waals surface area contributed by atoms with Crippen LogP contribution in [0.15, 0.2) is 66.4 Å². The summed E-state index contributed by atoms with van der Waals surface area (Å²) in [7, 11) is 0. The molecule has 3 amide bonds. The molecule has 3 N–H and O–H groups in total. The lowest BCUT2D eigenvalue weighted by molar-refractivity contribution is -0.146. The van der Waals surface area contributed by atoms with E-state index in [0.717, 1.165) is 33.7 Å². The number of carbonyl (C=O) groups is 4. The summed E-state index contributed by atoms with van der Waals surface area (Å²) < 4.78 is 5.67. The van der Waals surface area contributed by atoms with Gasteiger partial charge in [0.2, 0.25) is 17.7 Å². The van der Waals surface area contributed by atoms with Crippen LogP contribution < -0.4 is 10.6 Å². The molecule has 1 fully saturated rings. The number of fused-ring (bicyclic) bond motifs is 3. The van der Waals surface area contributed by atoms with Gasteiger partial charge in [-0.3, -0.25) is 24.2 Å². The van der Waals surface area contributed by atoms with Crippen molar-refractivity contribution in [1.29, 1.82) is 0 Å². The first kappa shape index (κ1) is 40.9. The Hall–Kier alpha value is -4.78. The Morgan fingerprint density at radius 1 is 1.02 bits per heavy atom. The number of Topliss-reactive ketones (excluding diaryl/α,β-unsaturated/α-hetero) is 1. The maximum atomic E-state index is 14.0. The molecule has 1 aliphatic carbocycles. The van der Waals surface area contributed by atoms with Gasteiger partial charge in [-0.2, -0.15) is 0 Å². The Bertz CT molecular complexity index is 2040. The summed E-state index contributed by atoms with van der Waals surface area (Å²) in [5.41, 5.74) is 10.3. The van der Waals surface area contributed by atoms with Crippen LogP contribution in [0.3, 0.4) is 0 Å². The Morgan fingerprint density at radius 2 is 1.80 bits per heavy atom. The molecule has 6 rings (SSSR count). The SMILES string of the molecule is Cc1ncsc1-c1ccc([C@H](C)NC(=O)[C@@H]2C[C@@H](O)CN2C(=O)[C@@H](CC(=O)CCOCCNC(=O)CCc2ccc3c(c2)Cc2ccncc2-3)C(C)(C)C)cc1. The van der Waals surface area contributed by atoms with E-state index in [1.165, 1.54) is 27.2 Å². The molecule has 2 aromatic heterocycles. The molecular formula is C44H53N5O6S. The van der Waals surface area contributed by atoms with Crippen molar-refractivity contribution in [1.82, 2.24) is 25.5 Å². The number of thiazole rings is 1. The number of rotatable bonds is 16. The molecule has 296 valence electrons. The fraction of sp³-hybridized carbons (Fsp3) is 0.455. The second-order valence-electron chi connectivity index (χ2n) is 16.1. The molecule has 12 heteroatoms. The van der Waals surface area contributed by atoms with Gasteiger partial charge in [0.05, 0.1) is 41.4 Å². The van der Waals surface area contributed by atoms with Gasteiger partial charge in [0, 0.05) is 62.6 Å². The monoisotopic (exact) mass is 779 g/mol. The van der Waals surface area contributed by atoms with Gasteiger partial charge in [0.25, 0.3) is 0 Å². The van der Waals surface area contributed by atoms with E-state index in [2.05, 4.69) is 44.9 Å². The molecule has 3 heterocycles. The van der Waals surface area contributed by atoms with E-state index in [1.54, 1.807) is 11.3 Å². The van der Waals surface area contributed by atoms with Gasteiger partial charge in [-0.1, -0.05) is 63.2 Å². The van der Waals surface area contributed by atoms with Crippen molar-refractivity contribution in [2.24, 2.45) is 11.3 Å². The van der Waals surface area contributed by atoms with Crippen LogP contribution in [0.1, 0.15) is 87.4 Å². The van der Waals surface area contributed by atoms with Crippen molar-refractivity contribution < 1.29 is 29.0 Å². The van der Waals surface area contributed by atoms with Crippen LogP contribution in [0.4, 0.5) is 0 Å². The number of ketones is 1. The van der Waals surface area contributed by atoms with Gasteiger partial charge in [-0.15, -0.1) is 11.3 Å². The number of β-amino-alcohol motifs (C(OH)–C–C–N with tert-alkyl or cyclic N) is 1. The van der Waals surface area contributed by atoms with E-state index in [0.29, 0.717) is 19.4 Å². The van der Waals surface area contributed by atoms with E-state index in [4.69, 9.17) is 4.74 Å². The molecule has 2 aromatic carbocycles. The van der Waals surface area contributed by atoms with Crippen molar-refractivity contribution >= 4 is 34.8 Å². The maximum Gasteiger partial charge on any atom is 0.243 e. The highest BCUT2D eigenvalue weighted by Crippen LogP contribution is 2.37. The molecule has 1 aliphatic heterocycles. The number of amides is 3. The van der Waals surface area contributed by atoms with Crippen molar-refractivity contribution in [3.05, 3.63) is 94.4 Å². The zero-order valence-electron chi connectivity index (χ0n) is 33.0. The van der Waals surface area contributed by atoms with Crippen molar-refractivity contribution in [3.63, 3.8) is 0 Å². The Kier molecular flexibility index (Phi) is 13.1. The van der Waals surface area contributed by atoms with Gasteiger partial charge >= 0.3 is 0 Å². The predicted octanol–water partition coefficient (Wildman–Crippen LogP) is 6.00. The number of hydrogen-bond acceptors (Lipinski definition) is 9.